The monoisotopic (exact) mass is 1340 g/mol. The van der Waals surface area contributed by atoms with Crippen LogP contribution in [0.15, 0.2) is 97.2 Å². The lowest BCUT2D eigenvalue weighted by Gasteiger charge is -2.24. The van der Waals surface area contributed by atoms with E-state index in [0.29, 0.717) is 32.2 Å². The highest BCUT2D eigenvalue weighted by Gasteiger charge is 2.17. The molecule has 8 heteroatoms. The fourth-order valence-corrected chi connectivity index (χ4v) is 12.1. The van der Waals surface area contributed by atoms with Gasteiger partial charge in [0, 0.05) is 52.5 Å². The Morgan fingerprint density at radius 1 is 0.323 bits per heavy atom. The second kappa shape index (κ2) is 81.1. The van der Waals surface area contributed by atoms with Gasteiger partial charge in [-0.2, -0.15) is 0 Å². The lowest BCUT2D eigenvalue weighted by Crippen LogP contribution is -2.31. The van der Waals surface area contributed by atoms with E-state index < -0.39 is 0 Å². The molecule has 0 aliphatic carbocycles. The first kappa shape index (κ1) is 93.2. The third-order valence-corrected chi connectivity index (χ3v) is 18.5. The summed E-state index contributed by atoms with van der Waals surface area (Å²) in [5.41, 5.74) is 0. The number of hydrogen-bond acceptors (Lipinski definition) is 8. The Bertz CT molecular complexity index is 1780. The van der Waals surface area contributed by atoms with Crippen LogP contribution in [0.25, 0.3) is 0 Å². The van der Waals surface area contributed by atoms with E-state index in [2.05, 4.69) is 156 Å². The molecule has 0 aromatic carbocycles. The van der Waals surface area contributed by atoms with Gasteiger partial charge in [-0.15, -0.1) is 0 Å². The lowest BCUT2D eigenvalue weighted by molar-refractivity contribution is -0.148. The molecule has 0 bridgehead atoms. The average Bonchev–Trinajstić information content (AvgIpc) is 3.80. The van der Waals surface area contributed by atoms with E-state index in [1.807, 2.05) is 0 Å². The van der Waals surface area contributed by atoms with Crippen LogP contribution < -0.4 is 0 Å². The molecule has 0 amide bonds. The number of ether oxygens (including phenoxy) is 5. The summed E-state index contributed by atoms with van der Waals surface area (Å²) in [7, 11) is 2.31. The van der Waals surface area contributed by atoms with Gasteiger partial charge in [0.25, 0.3) is 0 Å². The Hall–Kier alpha value is -2.85. The number of hydrogen-bond donors (Lipinski definition) is 0. The minimum absolute atomic E-state index is 0.0172. The Kier molecular flexibility index (Phi) is 78.7. The van der Waals surface area contributed by atoms with Gasteiger partial charge in [-0.25, -0.2) is 0 Å². The molecule has 0 N–H and O–H groups in total. The summed E-state index contributed by atoms with van der Waals surface area (Å²) < 4.78 is 31.6. The summed E-state index contributed by atoms with van der Waals surface area (Å²) in [6.07, 6.45) is 96.1. The zero-order chi connectivity index (χ0) is 69.4. The molecule has 0 fully saturated rings. The Morgan fingerprint density at radius 3 is 1.10 bits per heavy atom. The van der Waals surface area contributed by atoms with Gasteiger partial charge < -0.3 is 33.5 Å². The summed E-state index contributed by atoms with van der Waals surface area (Å²) in [5, 5.41) is 0. The SMILES string of the molecule is CCCCC/C=C\C/C=C\CCCCCCCCOC[C@@H](COCCCN(C)CC(CC/C=C\C/C=C\CCCCC)CCCCCOC(CCN(CC)CC)COC(=O)CCCCCCC/C=C\C/C=C\CCCCC)OCCCCCCCC/C=C\C/C=C\CCCCC. The average molecular weight is 1340 g/mol. The highest BCUT2D eigenvalue weighted by atomic mass is 16.6. The standard InChI is InChI=1S/C88H162N2O6/c1-8-14-18-22-26-30-34-37-40-43-46-49-53-57-61-67-77-92-82-87(95-80-68-62-58-54-50-47-44-41-38-35-31-27-23-19-15-9-2)83-93-78-70-75-89(7)81-85(71-64-59-55-51-33-29-25-21-17-11-4)72-65-63-69-79-94-86(74-76-90(12-5)13-6)84-96-88(91)73-66-60-56-52-48-45-42-39-36-32-28-24-20-16-10-3/h26-33,37-42,55,59,85-87H,8-25,34-36,43-54,56-58,60-84H2,1-7H3/b30-26-,31-27-,32-28-,33-29-,40-37-,41-38-,42-39-,59-55-/t85?,86?,87-/m0/s1. The normalized spacial score (nSPS) is 13.6. The summed E-state index contributed by atoms with van der Waals surface area (Å²) in [6.45, 7) is 23.3. The van der Waals surface area contributed by atoms with E-state index in [0.717, 1.165) is 149 Å². The van der Waals surface area contributed by atoms with Crippen LogP contribution in [-0.4, -0.2) is 114 Å². The van der Waals surface area contributed by atoms with Gasteiger partial charge in [0.1, 0.15) is 12.7 Å². The maximum absolute atomic E-state index is 12.9. The summed E-state index contributed by atoms with van der Waals surface area (Å²) in [4.78, 5) is 17.9. The van der Waals surface area contributed by atoms with Crippen molar-refractivity contribution in [2.45, 2.75) is 368 Å². The number of unbranched alkanes of at least 4 members (excludes halogenated alkanes) is 31. The van der Waals surface area contributed by atoms with Crippen LogP contribution in [0, 0.1) is 5.92 Å². The van der Waals surface area contributed by atoms with Gasteiger partial charge in [-0.05, 0) is 199 Å². The van der Waals surface area contributed by atoms with Crippen LogP contribution in [-0.2, 0) is 28.5 Å². The molecule has 2 unspecified atom stereocenters. The summed E-state index contributed by atoms with van der Waals surface area (Å²) in [6, 6.07) is 0. The maximum Gasteiger partial charge on any atom is 0.305 e. The molecular formula is C88H162N2O6. The largest absolute Gasteiger partial charge is 0.463 e. The molecule has 0 radical (unpaired) electrons. The van der Waals surface area contributed by atoms with Crippen molar-refractivity contribution in [1.29, 1.82) is 0 Å². The minimum atomic E-state index is -0.0736. The number of allylic oxidation sites excluding steroid dienone is 16. The minimum Gasteiger partial charge on any atom is -0.463 e. The molecule has 0 heterocycles. The highest BCUT2D eigenvalue weighted by molar-refractivity contribution is 5.69. The number of carbonyl (C=O) groups is 1. The quantitative estimate of drug-likeness (QED) is 0.0339. The van der Waals surface area contributed by atoms with Gasteiger partial charge in [0.05, 0.1) is 19.3 Å². The Labute approximate surface area is 598 Å². The fourth-order valence-electron chi connectivity index (χ4n) is 12.1. The first-order valence-electron chi connectivity index (χ1n) is 41.6. The van der Waals surface area contributed by atoms with Crippen LogP contribution in [0.2, 0.25) is 0 Å². The fraction of sp³-hybridized carbons (Fsp3) is 0.807. The van der Waals surface area contributed by atoms with Crippen molar-refractivity contribution < 1.29 is 28.5 Å². The smallest absolute Gasteiger partial charge is 0.305 e. The number of carbonyl (C=O) groups excluding carboxylic acids is 1. The first-order chi connectivity index (χ1) is 47.4. The van der Waals surface area contributed by atoms with Gasteiger partial charge >= 0.3 is 5.97 Å². The van der Waals surface area contributed by atoms with Crippen molar-refractivity contribution >= 4 is 5.97 Å². The molecule has 560 valence electrons. The molecular weight excluding hydrogens is 1180 g/mol. The van der Waals surface area contributed by atoms with E-state index in [1.165, 1.54) is 218 Å². The third kappa shape index (κ3) is 73.9. The molecule has 96 heavy (non-hydrogen) atoms. The second-order valence-electron chi connectivity index (χ2n) is 27.9. The predicted octanol–water partition coefficient (Wildman–Crippen LogP) is 25.9. The van der Waals surface area contributed by atoms with E-state index in [4.69, 9.17) is 23.7 Å². The molecule has 3 atom stereocenters. The van der Waals surface area contributed by atoms with Crippen molar-refractivity contribution in [2.75, 3.05) is 86.0 Å². The molecule has 0 spiro atoms. The van der Waals surface area contributed by atoms with Crippen molar-refractivity contribution in [2.24, 2.45) is 5.92 Å². The van der Waals surface area contributed by atoms with Gasteiger partial charge in [0.15, 0.2) is 0 Å². The van der Waals surface area contributed by atoms with E-state index in [9.17, 15) is 4.79 Å². The summed E-state index contributed by atoms with van der Waals surface area (Å²) in [5.74, 6) is 0.571. The van der Waals surface area contributed by atoms with E-state index >= 15 is 0 Å². The Balaban J connectivity index is 5.17. The molecule has 0 saturated carbocycles. The predicted molar refractivity (Wildman–Crippen MR) is 423 cm³/mol. The van der Waals surface area contributed by atoms with Crippen LogP contribution in [0.1, 0.15) is 356 Å². The Morgan fingerprint density at radius 2 is 0.677 bits per heavy atom. The van der Waals surface area contributed by atoms with Gasteiger partial charge in [-0.3, -0.25) is 4.79 Å². The van der Waals surface area contributed by atoms with Gasteiger partial charge in [0.2, 0.25) is 0 Å². The molecule has 0 saturated heterocycles. The molecule has 0 rings (SSSR count). The molecule has 0 aliphatic heterocycles. The van der Waals surface area contributed by atoms with E-state index in [-0.39, 0.29) is 18.2 Å². The van der Waals surface area contributed by atoms with Gasteiger partial charge in [-0.1, -0.05) is 274 Å². The zero-order valence-electron chi connectivity index (χ0n) is 64.9. The van der Waals surface area contributed by atoms with Crippen LogP contribution >= 0.6 is 0 Å². The molecule has 0 aromatic rings. The number of esters is 1. The molecule has 8 nitrogen and oxygen atoms in total. The second-order valence-corrected chi connectivity index (χ2v) is 27.9. The van der Waals surface area contributed by atoms with Crippen molar-refractivity contribution in [3.05, 3.63) is 97.2 Å². The van der Waals surface area contributed by atoms with E-state index in [1.54, 1.807) is 0 Å². The van der Waals surface area contributed by atoms with Crippen molar-refractivity contribution in [3.8, 4) is 0 Å². The highest BCUT2D eigenvalue weighted by Crippen LogP contribution is 2.20. The number of nitrogens with zero attached hydrogens (tertiary/aromatic N) is 2. The lowest BCUT2D eigenvalue weighted by atomic mass is 9.95. The van der Waals surface area contributed by atoms with Crippen LogP contribution in [0.4, 0.5) is 0 Å². The number of rotatable bonds is 78. The van der Waals surface area contributed by atoms with Crippen molar-refractivity contribution in [1.82, 2.24) is 9.80 Å². The third-order valence-electron chi connectivity index (χ3n) is 18.5. The van der Waals surface area contributed by atoms with Crippen LogP contribution in [0.3, 0.4) is 0 Å². The zero-order valence-corrected chi connectivity index (χ0v) is 64.9. The summed E-state index contributed by atoms with van der Waals surface area (Å²) >= 11 is 0. The topological polar surface area (TPSA) is 69.7 Å². The van der Waals surface area contributed by atoms with Crippen LogP contribution in [0.5, 0.6) is 0 Å². The van der Waals surface area contributed by atoms with Crippen molar-refractivity contribution in [3.63, 3.8) is 0 Å². The first-order valence-corrected chi connectivity index (χ1v) is 41.6. The molecule has 0 aliphatic rings. The maximum atomic E-state index is 12.9. The molecule has 0 aromatic heterocycles.